The lowest BCUT2D eigenvalue weighted by molar-refractivity contribution is -0.137. The first-order chi connectivity index (χ1) is 11.0. The van der Waals surface area contributed by atoms with Crippen LogP contribution >= 0.6 is 12.4 Å². The average molecular weight is 355 g/mol. The molecule has 1 aliphatic heterocycles. The Balaban J connectivity index is 0.00000208. The second kappa shape index (κ2) is 7.90. The van der Waals surface area contributed by atoms with Crippen LogP contribution in [-0.4, -0.2) is 57.5 Å². The van der Waals surface area contributed by atoms with Crippen molar-refractivity contribution < 1.29 is 14.7 Å². The number of carbonyl (C=O) groups excluding carboxylic acids is 1. The highest BCUT2D eigenvalue weighted by Gasteiger charge is 2.43. The highest BCUT2D eigenvalue weighted by atomic mass is 35.5. The van der Waals surface area contributed by atoms with Crippen molar-refractivity contribution in [3.8, 4) is 0 Å². The van der Waals surface area contributed by atoms with Gasteiger partial charge in [-0.15, -0.1) is 12.4 Å². The van der Waals surface area contributed by atoms with Crippen LogP contribution in [0.15, 0.2) is 12.4 Å². The fourth-order valence-electron chi connectivity index (χ4n) is 3.26. The van der Waals surface area contributed by atoms with Gasteiger partial charge in [0, 0.05) is 31.9 Å². The number of aromatic nitrogens is 2. The second-order valence-corrected chi connectivity index (χ2v) is 6.53. The van der Waals surface area contributed by atoms with Crippen molar-refractivity contribution in [1.29, 1.82) is 0 Å². The Bertz CT molecular complexity index is 591. The van der Waals surface area contributed by atoms with Crippen LogP contribution in [0.3, 0.4) is 0 Å². The number of hydrogen-bond acceptors (Lipinski definition) is 5. The van der Waals surface area contributed by atoms with Crippen LogP contribution < -0.4 is 5.32 Å². The topological polar surface area (TPSA) is 95.4 Å². The third-order valence-corrected chi connectivity index (χ3v) is 4.64. The Hall–Kier alpha value is -1.73. The molecule has 1 aromatic heterocycles. The highest BCUT2D eigenvalue weighted by molar-refractivity contribution is 5.92. The van der Waals surface area contributed by atoms with Crippen LogP contribution in [-0.2, 0) is 4.79 Å². The lowest BCUT2D eigenvalue weighted by atomic mass is 9.98. The molecule has 2 aliphatic rings. The Kier molecular flexibility index (Phi) is 6.12. The third kappa shape index (κ3) is 4.64. The van der Waals surface area contributed by atoms with Crippen molar-refractivity contribution in [3.05, 3.63) is 23.8 Å². The van der Waals surface area contributed by atoms with Gasteiger partial charge in [-0.2, -0.15) is 0 Å². The maximum absolute atomic E-state index is 12.3. The number of carboxylic acid groups (broad SMARTS) is 1. The lowest BCUT2D eigenvalue weighted by Gasteiger charge is -2.19. The first kappa shape index (κ1) is 18.6. The molecule has 1 saturated heterocycles. The van der Waals surface area contributed by atoms with E-state index in [0.29, 0.717) is 30.6 Å². The van der Waals surface area contributed by atoms with Crippen molar-refractivity contribution in [3.63, 3.8) is 0 Å². The van der Waals surface area contributed by atoms with Crippen molar-refractivity contribution >= 4 is 24.3 Å². The molecule has 2 atom stereocenters. The van der Waals surface area contributed by atoms with Crippen LogP contribution in [0.2, 0.25) is 0 Å². The number of carboxylic acids is 1. The summed E-state index contributed by atoms with van der Waals surface area (Å²) in [5.74, 6) is 0.0778. The number of amides is 1. The van der Waals surface area contributed by atoms with Crippen molar-refractivity contribution in [1.82, 2.24) is 20.2 Å². The van der Waals surface area contributed by atoms with E-state index < -0.39 is 5.97 Å². The van der Waals surface area contributed by atoms with E-state index in [1.165, 1.54) is 19.0 Å². The molecule has 3 rings (SSSR count). The Morgan fingerprint density at radius 3 is 2.62 bits per heavy atom. The molecule has 2 N–H and O–H groups in total. The first-order valence-corrected chi connectivity index (χ1v) is 8.06. The average Bonchev–Trinajstić information content (AvgIpc) is 3.28. The predicted molar refractivity (Wildman–Crippen MR) is 90.2 cm³/mol. The van der Waals surface area contributed by atoms with Gasteiger partial charge in [0.25, 0.3) is 5.91 Å². The Labute approximate surface area is 147 Å². The molecule has 0 bridgehead atoms. The molecular formula is C16H23ClN4O3. The number of aliphatic carboxylic acids is 1. The molecular weight excluding hydrogens is 332 g/mol. The number of nitrogens with one attached hydrogen (secondary N) is 1. The van der Waals surface area contributed by atoms with E-state index in [2.05, 4.69) is 20.2 Å². The minimum atomic E-state index is -0.782. The molecule has 0 spiro atoms. The molecule has 0 unspecified atom stereocenters. The molecule has 0 aromatic carbocycles. The first-order valence-electron chi connectivity index (χ1n) is 8.06. The van der Waals surface area contributed by atoms with Gasteiger partial charge in [0.05, 0.1) is 18.3 Å². The van der Waals surface area contributed by atoms with E-state index in [9.17, 15) is 9.59 Å². The number of aryl methyl sites for hydroxylation is 1. The van der Waals surface area contributed by atoms with Gasteiger partial charge >= 0.3 is 5.97 Å². The number of nitrogens with zero attached hydrogens (tertiary/aromatic N) is 3. The maximum Gasteiger partial charge on any atom is 0.304 e. The summed E-state index contributed by atoms with van der Waals surface area (Å²) >= 11 is 0. The van der Waals surface area contributed by atoms with Gasteiger partial charge < -0.3 is 15.3 Å². The fourth-order valence-corrected chi connectivity index (χ4v) is 3.26. The molecule has 24 heavy (non-hydrogen) atoms. The normalized spacial score (nSPS) is 23.5. The van der Waals surface area contributed by atoms with E-state index in [4.69, 9.17) is 5.11 Å². The number of rotatable bonds is 6. The quantitative estimate of drug-likeness (QED) is 0.795. The minimum absolute atomic E-state index is 0. The summed E-state index contributed by atoms with van der Waals surface area (Å²) in [5, 5.41) is 11.9. The van der Waals surface area contributed by atoms with Crippen LogP contribution in [0.5, 0.6) is 0 Å². The molecule has 8 heteroatoms. The van der Waals surface area contributed by atoms with Crippen LogP contribution in [0, 0.1) is 18.8 Å². The fraction of sp³-hybridized carbons (Fsp3) is 0.625. The molecule has 1 saturated carbocycles. The standard InChI is InChI=1S/C16H22N4O3.ClH/c1-10-6-18-13(7-17-10)16(23)19-14-9-20(5-4-15(21)22)8-12(14)11-2-3-11;/h6-7,11-12,14H,2-5,8-9H2,1H3,(H,19,23)(H,21,22);1H/t12-,14+;/m1./s1. The van der Waals surface area contributed by atoms with Gasteiger partial charge in [-0.05, 0) is 31.6 Å². The van der Waals surface area contributed by atoms with Gasteiger partial charge in [-0.3, -0.25) is 14.6 Å². The van der Waals surface area contributed by atoms with Gasteiger partial charge in [0.2, 0.25) is 0 Å². The zero-order valence-corrected chi connectivity index (χ0v) is 14.5. The van der Waals surface area contributed by atoms with E-state index >= 15 is 0 Å². The molecule has 2 fully saturated rings. The Morgan fingerprint density at radius 2 is 2.04 bits per heavy atom. The van der Waals surface area contributed by atoms with Crippen LogP contribution in [0.25, 0.3) is 0 Å². The van der Waals surface area contributed by atoms with E-state index in [-0.39, 0.29) is 30.8 Å². The zero-order valence-electron chi connectivity index (χ0n) is 13.6. The summed E-state index contributed by atoms with van der Waals surface area (Å²) in [5.41, 5.74) is 1.10. The summed E-state index contributed by atoms with van der Waals surface area (Å²) in [6, 6.07) is 0.0619. The van der Waals surface area contributed by atoms with Crippen LogP contribution in [0.1, 0.15) is 35.4 Å². The molecule has 1 aromatic rings. The number of carbonyl (C=O) groups is 2. The van der Waals surface area contributed by atoms with Crippen LogP contribution in [0.4, 0.5) is 0 Å². The van der Waals surface area contributed by atoms with E-state index in [0.717, 1.165) is 12.2 Å². The smallest absolute Gasteiger partial charge is 0.304 e. The number of hydrogen-bond donors (Lipinski definition) is 2. The van der Waals surface area contributed by atoms with E-state index in [1.54, 1.807) is 6.20 Å². The molecule has 0 radical (unpaired) electrons. The van der Waals surface area contributed by atoms with E-state index in [1.807, 2.05) is 6.92 Å². The molecule has 7 nitrogen and oxygen atoms in total. The predicted octanol–water partition coefficient (Wildman–Crippen LogP) is 1.12. The summed E-state index contributed by atoms with van der Waals surface area (Å²) in [6.07, 6.45) is 5.62. The Morgan fingerprint density at radius 1 is 1.29 bits per heavy atom. The highest BCUT2D eigenvalue weighted by Crippen LogP contribution is 2.41. The summed E-state index contributed by atoms with van der Waals surface area (Å²) < 4.78 is 0. The van der Waals surface area contributed by atoms with Gasteiger partial charge in [-0.1, -0.05) is 0 Å². The SMILES string of the molecule is Cc1cnc(C(=O)N[C@H]2CN(CCC(=O)O)C[C@@H]2C2CC2)cn1.Cl. The van der Waals surface area contributed by atoms with Gasteiger partial charge in [0.15, 0.2) is 0 Å². The summed E-state index contributed by atoms with van der Waals surface area (Å²) in [4.78, 5) is 33.5. The maximum atomic E-state index is 12.3. The minimum Gasteiger partial charge on any atom is -0.481 e. The number of halogens is 1. The van der Waals surface area contributed by atoms with Crippen molar-refractivity contribution in [2.24, 2.45) is 11.8 Å². The van der Waals surface area contributed by atoms with Crippen molar-refractivity contribution in [2.45, 2.75) is 32.2 Å². The summed E-state index contributed by atoms with van der Waals surface area (Å²) in [7, 11) is 0. The monoisotopic (exact) mass is 354 g/mol. The molecule has 1 amide bonds. The zero-order chi connectivity index (χ0) is 16.4. The van der Waals surface area contributed by atoms with Crippen molar-refractivity contribution in [2.75, 3.05) is 19.6 Å². The molecule has 132 valence electrons. The van der Waals surface area contributed by atoms with Gasteiger partial charge in [-0.25, -0.2) is 4.98 Å². The second-order valence-electron chi connectivity index (χ2n) is 6.53. The number of likely N-dealkylation sites (tertiary alicyclic amines) is 1. The summed E-state index contributed by atoms with van der Waals surface area (Å²) in [6.45, 7) is 3.94. The lowest BCUT2D eigenvalue weighted by Crippen LogP contribution is -2.41. The molecule has 1 aliphatic carbocycles. The third-order valence-electron chi connectivity index (χ3n) is 4.64. The largest absolute Gasteiger partial charge is 0.481 e. The molecule has 2 heterocycles. The van der Waals surface area contributed by atoms with Gasteiger partial charge in [0.1, 0.15) is 5.69 Å².